The van der Waals surface area contributed by atoms with Crippen molar-refractivity contribution in [3.05, 3.63) is 72.6 Å². The topological polar surface area (TPSA) is 9.86 Å². The van der Waals surface area contributed by atoms with Gasteiger partial charge in [0.2, 0.25) is 0 Å². The van der Waals surface area contributed by atoms with Gasteiger partial charge in [0.25, 0.3) is 0 Å². The van der Waals surface area contributed by atoms with Crippen molar-refractivity contribution in [3.63, 3.8) is 0 Å². The number of rotatable bonds is 5. The lowest BCUT2D eigenvalue weighted by Crippen LogP contribution is -1.96. The molecular weight excluding hydrogens is 388 g/mol. The second-order valence-electron chi connectivity index (χ2n) is 9.42. The Hall–Kier alpha value is -3.26. The van der Waals surface area contributed by atoms with Gasteiger partial charge in [0.1, 0.15) is 0 Å². The van der Waals surface area contributed by atoms with E-state index < -0.39 is 0 Å². The summed E-state index contributed by atoms with van der Waals surface area (Å²) in [5.41, 5.74) is 4.08. The molecule has 6 rings (SSSR count). The van der Waals surface area contributed by atoms with E-state index in [0.29, 0.717) is 0 Å². The average molecular weight is 419 g/mol. The minimum Gasteiger partial charge on any atom is -0.351 e. The van der Waals surface area contributed by atoms with Gasteiger partial charge in [-0.1, -0.05) is 50.5 Å². The molecule has 2 heteroatoms. The van der Waals surface area contributed by atoms with Crippen LogP contribution in [0.4, 0.5) is 0 Å². The zero-order valence-corrected chi connectivity index (χ0v) is 19.3. The summed E-state index contributed by atoms with van der Waals surface area (Å²) in [6.45, 7) is 2.28. The number of fused-ring (bicyclic) bond motifs is 7. The quantitative estimate of drug-likeness (QED) is 0.197. The van der Waals surface area contributed by atoms with Crippen LogP contribution in [0, 0.1) is 0 Å². The van der Waals surface area contributed by atoms with Crippen LogP contribution < -0.4 is 0 Å². The maximum Gasteiger partial charge on any atom is 0.0486 e. The number of hydrogen-bond acceptors (Lipinski definition) is 0. The van der Waals surface area contributed by atoms with Crippen molar-refractivity contribution in [1.29, 1.82) is 0 Å². The molecule has 2 heterocycles. The number of unbranched alkanes of at least 4 members (excludes halogenated alkanes) is 3. The van der Waals surface area contributed by atoms with Crippen LogP contribution in [-0.2, 0) is 20.5 Å². The second kappa shape index (κ2) is 7.41. The van der Waals surface area contributed by atoms with Crippen molar-refractivity contribution >= 4 is 54.1 Å². The van der Waals surface area contributed by atoms with Crippen LogP contribution in [0.25, 0.3) is 54.1 Å². The number of aryl methyl sites for hydroxylation is 3. The Balaban J connectivity index is 1.55. The highest BCUT2D eigenvalue weighted by Crippen LogP contribution is 2.36. The maximum absolute atomic E-state index is 2.41. The summed E-state index contributed by atoms with van der Waals surface area (Å²) < 4.78 is 4.62. The van der Waals surface area contributed by atoms with Gasteiger partial charge in [-0.05, 0) is 81.6 Å². The molecule has 0 spiro atoms. The number of hydrogen-bond donors (Lipinski definition) is 0. The fraction of sp³-hybridized carbons (Fsp3) is 0.267. The highest BCUT2D eigenvalue weighted by Gasteiger charge is 2.11. The van der Waals surface area contributed by atoms with Crippen molar-refractivity contribution < 1.29 is 0 Å². The standard InChI is InChI=1S/C30H30N2/c1-4-5-6-7-8-24-17-23-16-21-10-12-25-26(28(21)19-30(23)32(24)3)11-9-20-15-22-13-14-31(2)29(22)18-27(20)25/h9-19H,4-8H2,1-3H3. The monoisotopic (exact) mass is 418 g/mol. The van der Waals surface area contributed by atoms with Crippen LogP contribution in [0.15, 0.2) is 66.9 Å². The van der Waals surface area contributed by atoms with E-state index in [-0.39, 0.29) is 0 Å². The van der Waals surface area contributed by atoms with Gasteiger partial charge in [0.15, 0.2) is 0 Å². The van der Waals surface area contributed by atoms with Crippen molar-refractivity contribution in [3.8, 4) is 0 Å². The summed E-state index contributed by atoms with van der Waals surface area (Å²) in [7, 11) is 4.36. The fourth-order valence-electron chi connectivity index (χ4n) is 5.50. The minimum absolute atomic E-state index is 1.17. The Kier molecular flexibility index (Phi) is 4.50. The molecule has 32 heavy (non-hydrogen) atoms. The van der Waals surface area contributed by atoms with E-state index in [1.807, 2.05) is 0 Å². The highest BCUT2D eigenvalue weighted by atomic mass is 14.9. The molecule has 160 valence electrons. The lowest BCUT2D eigenvalue weighted by molar-refractivity contribution is 0.651. The van der Waals surface area contributed by atoms with Crippen LogP contribution in [0.1, 0.15) is 38.3 Å². The van der Waals surface area contributed by atoms with Gasteiger partial charge < -0.3 is 9.13 Å². The van der Waals surface area contributed by atoms with E-state index in [0.717, 1.165) is 0 Å². The first-order valence-electron chi connectivity index (χ1n) is 12.0. The molecule has 2 nitrogen and oxygen atoms in total. The predicted octanol–water partition coefficient (Wildman–Crippen LogP) is 8.25. The minimum atomic E-state index is 1.17. The lowest BCUT2D eigenvalue weighted by Gasteiger charge is -2.10. The van der Waals surface area contributed by atoms with Crippen LogP contribution in [0.5, 0.6) is 0 Å². The molecule has 0 radical (unpaired) electrons. The Morgan fingerprint density at radius 2 is 1.28 bits per heavy atom. The van der Waals surface area contributed by atoms with Gasteiger partial charge >= 0.3 is 0 Å². The summed E-state index contributed by atoms with van der Waals surface area (Å²) >= 11 is 0. The van der Waals surface area contributed by atoms with Gasteiger partial charge in [0.05, 0.1) is 0 Å². The van der Waals surface area contributed by atoms with E-state index >= 15 is 0 Å². The first-order chi connectivity index (χ1) is 15.6. The van der Waals surface area contributed by atoms with Gasteiger partial charge in [0, 0.05) is 47.8 Å². The number of nitrogens with zero attached hydrogens (tertiary/aromatic N) is 2. The summed E-state index contributed by atoms with van der Waals surface area (Å²) in [6.07, 6.45) is 8.54. The van der Waals surface area contributed by atoms with E-state index in [4.69, 9.17) is 0 Å². The van der Waals surface area contributed by atoms with Crippen molar-refractivity contribution in [2.45, 2.75) is 39.0 Å². The number of aromatic nitrogens is 2. The maximum atomic E-state index is 2.41. The van der Waals surface area contributed by atoms with E-state index in [1.165, 1.54) is 91.9 Å². The number of benzene rings is 4. The SMILES string of the molecule is CCCCCCc1cc2cc3ccc4c5cc6c(ccn6C)cc5ccc4c3cc2n1C. The first-order valence-corrected chi connectivity index (χ1v) is 12.0. The summed E-state index contributed by atoms with van der Waals surface area (Å²) in [5.74, 6) is 0. The van der Waals surface area contributed by atoms with Crippen LogP contribution in [0.3, 0.4) is 0 Å². The molecule has 0 aliphatic heterocycles. The smallest absolute Gasteiger partial charge is 0.0486 e. The van der Waals surface area contributed by atoms with Gasteiger partial charge in [-0.2, -0.15) is 0 Å². The van der Waals surface area contributed by atoms with Crippen LogP contribution >= 0.6 is 0 Å². The lowest BCUT2D eigenvalue weighted by atomic mass is 9.95. The zero-order chi connectivity index (χ0) is 21.8. The van der Waals surface area contributed by atoms with Gasteiger partial charge in [-0.15, -0.1) is 0 Å². The molecule has 2 aromatic heterocycles. The molecular formula is C30H30N2. The predicted molar refractivity (Wildman–Crippen MR) is 140 cm³/mol. The molecule has 0 saturated carbocycles. The van der Waals surface area contributed by atoms with Gasteiger partial charge in [-0.3, -0.25) is 0 Å². The Labute approximate surface area is 189 Å². The van der Waals surface area contributed by atoms with E-state index in [9.17, 15) is 0 Å². The first kappa shape index (κ1) is 19.4. The fourth-order valence-corrected chi connectivity index (χ4v) is 5.50. The molecule has 6 aromatic rings. The molecule has 0 saturated heterocycles. The largest absolute Gasteiger partial charge is 0.351 e. The van der Waals surface area contributed by atoms with E-state index in [1.54, 1.807) is 0 Å². The zero-order valence-electron chi connectivity index (χ0n) is 19.3. The Bertz CT molecular complexity index is 1630. The molecule has 0 aliphatic rings. The molecule has 0 amide bonds. The van der Waals surface area contributed by atoms with Gasteiger partial charge in [-0.25, -0.2) is 0 Å². The third-order valence-electron chi connectivity index (χ3n) is 7.39. The van der Waals surface area contributed by atoms with Crippen molar-refractivity contribution in [2.75, 3.05) is 0 Å². The molecule has 0 fully saturated rings. The Morgan fingerprint density at radius 1 is 0.594 bits per heavy atom. The Morgan fingerprint density at radius 3 is 2.00 bits per heavy atom. The molecule has 4 aromatic carbocycles. The summed E-state index contributed by atoms with van der Waals surface area (Å²) in [4.78, 5) is 0. The molecule has 0 aliphatic carbocycles. The van der Waals surface area contributed by atoms with Crippen molar-refractivity contribution in [1.82, 2.24) is 9.13 Å². The summed E-state index contributed by atoms with van der Waals surface area (Å²) in [6, 6.07) is 23.3. The third kappa shape index (κ3) is 2.93. The molecule has 0 bridgehead atoms. The normalized spacial score (nSPS) is 12.2. The highest BCUT2D eigenvalue weighted by molar-refractivity contribution is 6.20. The molecule has 0 N–H and O–H groups in total. The summed E-state index contributed by atoms with van der Waals surface area (Å²) in [5, 5.41) is 10.7. The second-order valence-corrected chi connectivity index (χ2v) is 9.42. The van der Waals surface area contributed by atoms with Crippen LogP contribution in [0.2, 0.25) is 0 Å². The average Bonchev–Trinajstić information content (AvgIpc) is 3.32. The molecule has 0 unspecified atom stereocenters. The van der Waals surface area contributed by atoms with E-state index in [2.05, 4.69) is 97.0 Å². The molecule has 0 atom stereocenters. The van der Waals surface area contributed by atoms with Crippen molar-refractivity contribution in [2.24, 2.45) is 14.1 Å². The van der Waals surface area contributed by atoms with Crippen LogP contribution in [-0.4, -0.2) is 9.13 Å². The third-order valence-corrected chi connectivity index (χ3v) is 7.39.